The van der Waals surface area contributed by atoms with Crippen molar-refractivity contribution in [2.24, 2.45) is 0 Å². The Labute approximate surface area is 267 Å². The first-order chi connectivity index (χ1) is 22.2. The van der Waals surface area contributed by atoms with Crippen LogP contribution in [-0.4, -0.2) is 79.5 Å². The van der Waals surface area contributed by atoms with Gasteiger partial charge in [0.15, 0.2) is 23.7 Å². The molecule has 2 aliphatic carbocycles. The summed E-state index contributed by atoms with van der Waals surface area (Å²) in [6.45, 7) is 2.81. The summed E-state index contributed by atoms with van der Waals surface area (Å²) < 4.78 is 75.0. The molecule has 2 aliphatic heterocycles. The Morgan fingerprint density at radius 3 is 2.43 bits per heavy atom. The number of hydrogen-bond donors (Lipinski definition) is 0. The predicted molar refractivity (Wildman–Crippen MR) is 154 cm³/mol. The molecule has 1 fully saturated rings. The van der Waals surface area contributed by atoms with E-state index in [-0.39, 0.29) is 30.8 Å². The molecule has 1 saturated heterocycles. The minimum absolute atomic E-state index is 0.0365. The van der Waals surface area contributed by atoms with Crippen molar-refractivity contribution < 1.29 is 60.8 Å². The summed E-state index contributed by atoms with van der Waals surface area (Å²) in [6.07, 6.45) is -7.76. The van der Waals surface area contributed by atoms with Crippen LogP contribution in [0.1, 0.15) is 49.5 Å². The molecule has 2 bridgehead atoms. The van der Waals surface area contributed by atoms with Crippen LogP contribution < -0.4 is 9.47 Å². The lowest BCUT2D eigenvalue weighted by molar-refractivity contribution is -0.242. The lowest BCUT2D eigenvalue weighted by Gasteiger charge is -2.62. The Hall–Kier alpha value is -4.59. The Morgan fingerprint density at radius 2 is 1.77 bits per heavy atom. The summed E-state index contributed by atoms with van der Waals surface area (Å²) in [5.41, 5.74) is -1.45. The number of halogens is 3. The fourth-order valence-corrected chi connectivity index (χ4v) is 7.51. The van der Waals surface area contributed by atoms with Crippen molar-refractivity contribution in [2.75, 3.05) is 20.7 Å². The van der Waals surface area contributed by atoms with E-state index in [1.165, 1.54) is 20.1 Å². The minimum atomic E-state index is -5.26. The molecule has 2 unspecified atom stereocenters. The quantitative estimate of drug-likeness (QED) is 0.303. The number of benzene rings is 2. The van der Waals surface area contributed by atoms with Gasteiger partial charge in [-0.25, -0.2) is 14.4 Å². The van der Waals surface area contributed by atoms with Gasteiger partial charge in [-0.2, -0.15) is 13.2 Å². The molecule has 0 N–H and O–H groups in total. The molecule has 250 valence electrons. The van der Waals surface area contributed by atoms with E-state index in [4.69, 9.17) is 28.4 Å². The van der Waals surface area contributed by atoms with Crippen LogP contribution in [0.15, 0.2) is 54.3 Å². The van der Waals surface area contributed by atoms with Gasteiger partial charge >= 0.3 is 30.1 Å². The zero-order valence-corrected chi connectivity index (χ0v) is 25.9. The van der Waals surface area contributed by atoms with Gasteiger partial charge in [-0.05, 0) is 51.1 Å². The summed E-state index contributed by atoms with van der Waals surface area (Å²) in [5.74, 6) is -4.57. The van der Waals surface area contributed by atoms with Crippen LogP contribution in [0.4, 0.5) is 13.2 Å². The second-order valence-corrected chi connectivity index (χ2v) is 12.0. The van der Waals surface area contributed by atoms with Gasteiger partial charge in [0.05, 0.1) is 18.6 Å². The molecule has 1 spiro atoms. The fraction of sp³-hybridized carbons (Fsp3) is 0.455. The molecule has 11 nitrogen and oxygen atoms in total. The van der Waals surface area contributed by atoms with E-state index in [2.05, 4.69) is 0 Å². The average molecular weight is 660 g/mol. The largest absolute Gasteiger partial charge is 0.493 e. The predicted octanol–water partition coefficient (Wildman–Crippen LogP) is 3.87. The molecule has 14 heteroatoms. The number of rotatable bonds is 8. The number of methoxy groups -OCH3 is 1. The Bertz CT molecular complexity index is 1660. The molecule has 6 atom stereocenters. The second kappa shape index (κ2) is 11.6. The highest BCUT2D eigenvalue weighted by atomic mass is 19.4. The SMILES string of the molecule is COc1ccc2c3c1O[C@H]1C(OC(=O)C(C)OC(=O)[C@@H](OC(C)=O)c4ccccc4)=CC[C@@]4(OC(=O)C(F)(F)F)C(C2)N(C)CC[C@]314. The molecule has 47 heavy (non-hydrogen) atoms. The molecule has 6 rings (SSSR count). The second-order valence-electron chi connectivity index (χ2n) is 12.0. The number of ether oxygens (including phenoxy) is 6. The van der Waals surface area contributed by atoms with Crippen LogP contribution in [0.3, 0.4) is 0 Å². The Kier molecular flexibility index (Phi) is 7.97. The van der Waals surface area contributed by atoms with Crippen LogP contribution >= 0.6 is 0 Å². The van der Waals surface area contributed by atoms with Gasteiger partial charge in [0.1, 0.15) is 11.4 Å². The first-order valence-corrected chi connectivity index (χ1v) is 15.0. The molecule has 2 aromatic carbocycles. The van der Waals surface area contributed by atoms with Gasteiger partial charge in [0, 0.05) is 24.5 Å². The van der Waals surface area contributed by atoms with Crippen LogP contribution in [-0.2, 0) is 50.0 Å². The topological polar surface area (TPSA) is 127 Å². The maximum Gasteiger partial charge on any atom is 0.490 e. The normalized spacial score (nSPS) is 26.8. The van der Waals surface area contributed by atoms with E-state index < -0.39 is 65.4 Å². The van der Waals surface area contributed by atoms with Gasteiger partial charge in [-0.15, -0.1) is 0 Å². The lowest BCUT2D eigenvalue weighted by Crippen LogP contribution is -2.76. The Balaban J connectivity index is 1.34. The van der Waals surface area contributed by atoms with E-state index in [9.17, 15) is 32.3 Å². The molecule has 0 aromatic heterocycles. The fourth-order valence-electron chi connectivity index (χ4n) is 7.51. The molecule has 2 aromatic rings. The van der Waals surface area contributed by atoms with Crippen molar-refractivity contribution in [3.8, 4) is 11.5 Å². The summed E-state index contributed by atoms with van der Waals surface area (Å²) in [7, 11) is 3.18. The highest BCUT2D eigenvalue weighted by Gasteiger charge is 2.75. The van der Waals surface area contributed by atoms with Gasteiger partial charge in [0.25, 0.3) is 0 Å². The number of alkyl halides is 3. The zero-order valence-electron chi connectivity index (χ0n) is 25.9. The summed E-state index contributed by atoms with van der Waals surface area (Å²) in [6, 6.07) is 10.9. The van der Waals surface area contributed by atoms with Crippen LogP contribution in [0.5, 0.6) is 11.5 Å². The molecular weight excluding hydrogens is 627 g/mol. The molecular formula is C33H32F3NO10. The van der Waals surface area contributed by atoms with E-state index in [1.807, 2.05) is 11.0 Å². The Morgan fingerprint density at radius 1 is 1.04 bits per heavy atom. The van der Waals surface area contributed by atoms with Gasteiger partial charge in [-0.1, -0.05) is 36.4 Å². The van der Waals surface area contributed by atoms with Crippen molar-refractivity contribution in [3.05, 3.63) is 71.0 Å². The highest BCUT2D eigenvalue weighted by Crippen LogP contribution is 2.66. The van der Waals surface area contributed by atoms with Crippen molar-refractivity contribution in [1.82, 2.24) is 4.90 Å². The minimum Gasteiger partial charge on any atom is -0.493 e. The maximum absolute atomic E-state index is 13.7. The first kappa shape index (κ1) is 32.4. The van der Waals surface area contributed by atoms with Crippen molar-refractivity contribution in [2.45, 2.75) is 74.7 Å². The smallest absolute Gasteiger partial charge is 0.490 e. The van der Waals surface area contributed by atoms with Gasteiger partial charge < -0.3 is 28.4 Å². The number of likely N-dealkylation sites (N-methyl/N-ethyl adjacent to an activating group) is 1. The van der Waals surface area contributed by atoms with E-state index in [0.717, 1.165) is 12.5 Å². The molecule has 0 amide bonds. The summed E-state index contributed by atoms with van der Waals surface area (Å²) in [5, 5.41) is 0. The number of carbonyl (C=O) groups excluding carboxylic acids is 4. The maximum atomic E-state index is 13.7. The van der Waals surface area contributed by atoms with E-state index in [0.29, 0.717) is 23.4 Å². The third-order valence-corrected chi connectivity index (χ3v) is 9.47. The van der Waals surface area contributed by atoms with Crippen LogP contribution in [0, 0.1) is 0 Å². The number of carbonyl (C=O) groups is 4. The zero-order chi connectivity index (χ0) is 33.9. The average Bonchev–Trinajstić information content (AvgIpc) is 3.38. The molecule has 4 aliphatic rings. The highest BCUT2D eigenvalue weighted by molar-refractivity contribution is 5.84. The summed E-state index contributed by atoms with van der Waals surface area (Å²) in [4.78, 5) is 52.6. The lowest BCUT2D eigenvalue weighted by atomic mass is 9.50. The number of esters is 4. The molecule has 0 radical (unpaired) electrons. The first-order valence-electron chi connectivity index (χ1n) is 15.0. The van der Waals surface area contributed by atoms with Crippen molar-refractivity contribution in [1.29, 1.82) is 0 Å². The van der Waals surface area contributed by atoms with Crippen molar-refractivity contribution in [3.63, 3.8) is 0 Å². The third-order valence-electron chi connectivity index (χ3n) is 9.47. The third kappa shape index (κ3) is 5.09. The van der Waals surface area contributed by atoms with Crippen molar-refractivity contribution >= 4 is 23.9 Å². The molecule has 0 saturated carbocycles. The standard InChI is InChI=1S/C33H32F3NO10/c1-17(43-29(40)25(44-18(2)38)19-8-6-5-7-9-19)28(39)45-22-12-13-32(47-30(41)33(34,35)36)23-16-20-10-11-21(42-4)26-24(20)31(32,27(22)46-26)14-15-37(23)3/h5-12,17,23,25,27H,13-16H2,1-4H3/t17?,23?,25-,27-,31-,32+/m0/s1. The number of likely N-dealkylation sites (tertiary alicyclic amines) is 1. The van der Waals surface area contributed by atoms with Crippen LogP contribution in [0.25, 0.3) is 0 Å². The van der Waals surface area contributed by atoms with E-state index >= 15 is 0 Å². The van der Waals surface area contributed by atoms with Gasteiger partial charge in [0.2, 0.25) is 6.10 Å². The monoisotopic (exact) mass is 659 g/mol. The summed E-state index contributed by atoms with van der Waals surface area (Å²) >= 11 is 0. The van der Waals surface area contributed by atoms with Gasteiger partial charge in [-0.3, -0.25) is 9.69 Å². The number of piperidine rings is 1. The number of nitrogens with zero attached hydrogens (tertiary/aromatic N) is 1. The van der Waals surface area contributed by atoms with E-state index in [1.54, 1.807) is 43.4 Å². The molecule has 2 heterocycles. The number of hydrogen-bond acceptors (Lipinski definition) is 11. The van der Waals surface area contributed by atoms with Crippen LogP contribution in [0.2, 0.25) is 0 Å².